The zero-order valence-corrected chi connectivity index (χ0v) is 22.4. The molecule has 0 radical (unpaired) electrons. The third-order valence-corrected chi connectivity index (χ3v) is 5.84. The van der Waals surface area contributed by atoms with Crippen LogP contribution in [0.15, 0.2) is 42.5 Å². The van der Waals surface area contributed by atoms with Gasteiger partial charge in [0, 0.05) is 24.6 Å². The van der Waals surface area contributed by atoms with Crippen LogP contribution >= 0.6 is 0 Å². The summed E-state index contributed by atoms with van der Waals surface area (Å²) in [6.07, 6.45) is -1.93. The number of phenols is 1. The molecule has 0 fully saturated rings. The molecule has 2 rings (SSSR count). The van der Waals surface area contributed by atoms with Crippen molar-refractivity contribution in [3.05, 3.63) is 64.7 Å². The Bertz CT molecular complexity index is 1120. The molecule has 0 aliphatic heterocycles. The SMILES string of the molecule is Cc1cc(O)c(C)c(C(=O)NC(Cc2ccccc2)C(O)C(=O)N(CC(=O)NCC(C)C)CC(C)(F)F)c1. The summed E-state index contributed by atoms with van der Waals surface area (Å²) in [5.74, 6) is -5.72. The van der Waals surface area contributed by atoms with Crippen molar-refractivity contribution in [2.45, 2.75) is 59.1 Å². The van der Waals surface area contributed by atoms with Gasteiger partial charge in [-0.05, 0) is 49.4 Å². The van der Waals surface area contributed by atoms with Crippen molar-refractivity contribution in [3.8, 4) is 5.75 Å². The predicted molar refractivity (Wildman–Crippen MR) is 140 cm³/mol. The van der Waals surface area contributed by atoms with Crippen LogP contribution in [0, 0.1) is 19.8 Å². The summed E-state index contributed by atoms with van der Waals surface area (Å²) in [4.78, 5) is 39.4. The maximum atomic E-state index is 14.0. The van der Waals surface area contributed by atoms with Crippen molar-refractivity contribution < 1.29 is 33.4 Å². The minimum atomic E-state index is -3.33. The molecule has 8 nitrogen and oxygen atoms in total. The minimum Gasteiger partial charge on any atom is -0.508 e. The van der Waals surface area contributed by atoms with Gasteiger partial charge >= 0.3 is 0 Å². The van der Waals surface area contributed by atoms with Crippen molar-refractivity contribution in [3.63, 3.8) is 0 Å². The lowest BCUT2D eigenvalue weighted by Gasteiger charge is -2.31. The fraction of sp³-hybridized carbons (Fsp3) is 0.464. The second kappa shape index (κ2) is 13.3. The van der Waals surface area contributed by atoms with Gasteiger partial charge in [-0.15, -0.1) is 0 Å². The van der Waals surface area contributed by atoms with Crippen molar-refractivity contribution in [1.29, 1.82) is 0 Å². The molecule has 2 aromatic rings. The first-order chi connectivity index (χ1) is 17.7. The quantitative estimate of drug-likeness (QED) is 0.335. The maximum Gasteiger partial charge on any atom is 0.262 e. The van der Waals surface area contributed by atoms with E-state index in [1.165, 1.54) is 6.07 Å². The Kier molecular flexibility index (Phi) is 10.8. The highest BCUT2D eigenvalue weighted by molar-refractivity contribution is 5.97. The number of alkyl halides is 2. The van der Waals surface area contributed by atoms with E-state index in [9.17, 15) is 33.4 Å². The van der Waals surface area contributed by atoms with Crippen LogP contribution in [0.4, 0.5) is 8.78 Å². The topological polar surface area (TPSA) is 119 Å². The fourth-order valence-electron chi connectivity index (χ4n) is 3.88. The highest BCUT2D eigenvalue weighted by atomic mass is 19.3. The van der Waals surface area contributed by atoms with Crippen LogP contribution in [0.5, 0.6) is 5.75 Å². The van der Waals surface area contributed by atoms with E-state index in [-0.39, 0.29) is 23.7 Å². The summed E-state index contributed by atoms with van der Waals surface area (Å²) in [7, 11) is 0. The van der Waals surface area contributed by atoms with Crippen LogP contribution in [0.25, 0.3) is 0 Å². The number of carbonyl (C=O) groups excluding carboxylic acids is 3. The van der Waals surface area contributed by atoms with Crippen LogP contribution in [0.1, 0.15) is 47.8 Å². The number of nitrogens with one attached hydrogen (secondary N) is 2. The zero-order chi connectivity index (χ0) is 28.6. The summed E-state index contributed by atoms with van der Waals surface area (Å²) in [5.41, 5.74) is 1.75. The van der Waals surface area contributed by atoms with Crippen LogP contribution in [-0.4, -0.2) is 70.5 Å². The third-order valence-electron chi connectivity index (χ3n) is 5.84. The maximum absolute atomic E-state index is 14.0. The van der Waals surface area contributed by atoms with Gasteiger partial charge in [0.15, 0.2) is 6.10 Å². The third kappa shape index (κ3) is 9.41. The molecule has 0 bridgehead atoms. The monoisotopic (exact) mass is 533 g/mol. The average molecular weight is 534 g/mol. The largest absolute Gasteiger partial charge is 0.508 e. The van der Waals surface area contributed by atoms with Crippen molar-refractivity contribution in [2.75, 3.05) is 19.6 Å². The number of carbonyl (C=O) groups is 3. The second-order valence-corrected chi connectivity index (χ2v) is 10.1. The molecule has 0 aliphatic carbocycles. The number of aliphatic hydroxyl groups excluding tert-OH is 1. The van der Waals surface area contributed by atoms with E-state index in [0.717, 1.165) is 0 Å². The Balaban J connectivity index is 2.36. The lowest BCUT2D eigenvalue weighted by atomic mass is 9.98. The van der Waals surface area contributed by atoms with Gasteiger partial charge in [-0.2, -0.15) is 0 Å². The zero-order valence-electron chi connectivity index (χ0n) is 22.4. The van der Waals surface area contributed by atoms with Gasteiger partial charge in [-0.25, -0.2) is 8.78 Å². The number of aryl methyl sites for hydroxylation is 1. The Morgan fingerprint density at radius 1 is 1.08 bits per heavy atom. The van der Waals surface area contributed by atoms with Crippen molar-refractivity contribution >= 4 is 17.7 Å². The Morgan fingerprint density at radius 2 is 1.71 bits per heavy atom. The molecule has 2 aromatic carbocycles. The first-order valence-corrected chi connectivity index (χ1v) is 12.4. The van der Waals surface area contributed by atoms with Gasteiger partial charge in [0.25, 0.3) is 17.7 Å². The number of aromatic hydroxyl groups is 1. The number of benzene rings is 2. The number of aliphatic hydroxyl groups is 1. The molecule has 3 amide bonds. The number of rotatable bonds is 12. The summed E-state index contributed by atoms with van der Waals surface area (Å²) < 4.78 is 27.9. The lowest BCUT2D eigenvalue weighted by molar-refractivity contribution is -0.149. The van der Waals surface area contributed by atoms with Crippen molar-refractivity contribution in [2.24, 2.45) is 5.92 Å². The number of halogens is 2. The number of hydrogen-bond donors (Lipinski definition) is 4. The number of hydrogen-bond acceptors (Lipinski definition) is 5. The molecular formula is C28H37F2N3O5. The molecule has 38 heavy (non-hydrogen) atoms. The molecule has 10 heteroatoms. The van der Waals surface area contributed by atoms with Crippen LogP contribution in [0.3, 0.4) is 0 Å². The van der Waals surface area contributed by atoms with Gasteiger partial charge in [0.2, 0.25) is 5.91 Å². The van der Waals surface area contributed by atoms with Crippen LogP contribution < -0.4 is 10.6 Å². The van der Waals surface area contributed by atoms with Gasteiger partial charge in [0.1, 0.15) is 5.75 Å². The van der Waals surface area contributed by atoms with Crippen LogP contribution in [-0.2, 0) is 16.0 Å². The van der Waals surface area contributed by atoms with E-state index in [2.05, 4.69) is 10.6 Å². The summed E-state index contributed by atoms with van der Waals surface area (Å²) in [5, 5.41) is 26.4. The summed E-state index contributed by atoms with van der Waals surface area (Å²) >= 11 is 0. The van der Waals surface area contributed by atoms with Gasteiger partial charge in [-0.1, -0.05) is 44.2 Å². The Hall–Kier alpha value is -3.53. The Morgan fingerprint density at radius 3 is 2.29 bits per heavy atom. The summed E-state index contributed by atoms with van der Waals surface area (Å²) in [6.45, 7) is 6.11. The lowest BCUT2D eigenvalue weighted by Crippen LogP contribution is -2.56. The van der Waals surface area contributed by atoms with E-state index >= 15 is 0 Å². The molecule has 0 aromatic heterocycles. The number of nitrogens with zero attached hydrogens (tertiary/aromatic N) is 1. The van der Waals surface area contributed by atoms with E-state index in [4.69, 9.17) is 0 Å². The number of amides is 3. The molecule has 0 saturated heterocycles. The predicted octanol–water partition coefficient (Wildman–Crippen LogP) is 2.97. The molecule has 2 unspecified atom stereocenters. The van der Waals surface area contributed by atoms with E-state index in [1.54, 1.807) is 50.2 Å². The highest BCUT2D eigenvalue weighted by Gasteiger charge is 2.36. The van der Waals surface area contributed by atoms with E-state index in [0.29, 0.717) is 35.1 Å². The van der Waals surface area contributed by atoms with Gasteiger partial charge < -0.3 is 25.7 Å². The number of phenolic OH excluding ortho intramolecular Hbond substituents is 1. The summed E-state index contributed by atoms with van der Waals surface area (Å²) in [6, 6.07) is 10.6. The molecule has 4 N–H and O–H groups in total. The van der Waals surface area contributed by atoms with Gasteiger partial charge in [-0.3, -0.25) is 14.4 Å². The fourth-order valence-corrected chi connectivity index (χ4v) is 3.88. The highest BCUT2D eigenvalue weighted by Crippen LogP contribution is 2.23. The average Bonchev–Trinajstić information content (AvgIpc) is 2.83. The minimum absolute atomic E-state index is 0.00619. The van der Waals surface area contributed by atoms with Crippen LogP contribution in [0.2, 0.25) is 0 Å². The smallest absolute Gasteiger partial charge is 0.262 e. The first kappa shape index (κ1) is 30.7. The molecule has 0 aliphatic rings. The Labute approximate surface area is 222 Å². The molecule has 2 atom stereocenters. The second-order valence-electron chi connectivity index (χ2n) is 10.1. The standard InChI is InChI=1S/C28H37F2N3O5/c1-17(2)14-31-24(35)15-33(16-28(5,29)30)27(38)25(36)22(13-20-9-7-6-8-10-20)32-26(37)21-11-18(3)12-23(34)19(21)4/h6-12,17,22,25,34,36H,13-16H2,1-5H3,(H,31,35)(H,32,37). The molecule has 0 heterocycles. The molecule has 0 spiro atoms. The van der Waals surface area contributed by atoms with Crippen molar-refractivity contribution in [1.82, 2.24) is 15.5 Å². The molecule has 208 valence electrons. The normalized spacial score (nSPS) is 13.1. The first-order valence-electron chi connectivity index (χ1n) is 12.4. The van der Waals surface area contributed by atoms with Gasteiger partial charge in [0.05, 0.1) is 19.1 Å². The van der Waals surface area contributed by atoms with E-state index in [1.807, 2.05) is 13.8 Å². The molecular weight excluding hydrogens is 496 g/mol. The molecule has 0 saturated carbocycles. The van der Waals surface area contributed by atoms with E-state index < -0.39 is 48.9 Å².